The van der Waals surface area contributed by atoms with Crippen molar-refractivity contribution in [2.45, 2.75) is 23.6 Å². The largest absolute Gasteiger partial charge is 0.242 e. The molecule has 1 aromatic heterocycles. The van der Waals surface area contributed by atoms with Crippen molar-refractivity contribution < 1.29 is 8.42 Å². The maximum absolute atomic E-state index is 11.8. The molecule has 1 aromatic rings. The van der Waals surface area contributed by atoms with Crippen molar-refractivity contribution in [3.63, 3.8) is 0 Å². The first-order valence-corrected chi connectivity index (χ1v) is 7.90. The Morgan fingerprint density at radius 3 is 2.56 bits per heavy atom. The molecule has 0 spiro atoms. The Hall–Kier alpha value is 0.480. The zero-order valence-corrected chi connectivity index (χ0v) is 12.2. The quantitative estimate of drug-likeness (QED) is 0.845. The minimum absolute atomic E-state index is 0.0198. The molecule has 0 aromatic carbocycles. The molecule has 0 aliphatic rings. The SMILES string of the molecule is CC(Cl)CCNS(=O)(=O)c1cc(Cl)sc1Cl. The Morgan fingerprint density at radius 1 is 1.50 bits per heavy atom. The summed E-state index contributed by atoms with van der Waals surface area (Å²) in [5.41, 5.74) is 0. The molecule has 0 aliphatic carbocycles. The number of halogens is 3. The predicted molar refractivity (Wildman–Crippen MR) is 69.5 cm³/mol. The van der Waals surface area contributed by atoms with Crippen molar-refractivity contribution in [2.75, 3.05) is 6.54 Å². The van der Waals surface area contributed by atoms with Gasteiger partial charge in [-0.2, -0.15) is 0 Å². The lowest BCUT2D eigenvalue weighted by molar-refractivity contribution is 0.579. The van der Waals surface area contributed by atoms with Crippen LogP contribution >= 0.6 is 46.1 Å². The highest BCUT2D eigenvalue weighted by Gasteiger charge is 2.20. The third-order valence-electron chi connectivity index (χ3n) is 1.75. The van der Waals surface area contributed by atoms with Crippen molar-refractivity contribution in [1.29, 1.82) is 0 Å². The molecular formula is C8H10Cl3NO2S2. The first-order valence-electron chi connectivity index (χ1n) is 4.41. The predicted octanol–water partition coefficient (Wildman–Crippen LogP) is 3.35. The molecule has 92 valence electrons. The molecule has 0 aliphatic heterocycles. The number of thiophene rings is 1. The highest BCUT2D eigenvalue weighted by Crippen LogP contribution is 2.33. The van der Waals surface area contributed by atoms with Crippen LogP contribution in [-0.2, 0) is 10.0 Å². The van der Waals surface area contributed by atoms with E-state index in [4.69, 9.17) is 34.8 Å². The first-order chi connectivity index (χ1) is 7.33. The van der Waals surface area contributed by atoms with Crippen LogP contribution in [0.1, 0.15) is 13.3 Å². The Bertz CT molecular complexity index is 456. The van der Waals surface area contributed by atoms with Crippen LogP contribution in [0.4, 0.5) is 0 Å². The number of hydrogen-bond donors (Lipinski definition) is 1. The molecule has 0 bridgehead atoms. The molecule has 16 heavy (non-hydrogen) atoms. The van der Waals surface area contributed by atoms with Crippen LogP contribution in [0.15, 0.2) is 11.0 Å². The Kier molecular flexibility index (Phi) is 5.35. The summed E-state index contributed by atoms with van der Waals surface area (Å²) in [5, 5.41) is -0.0794. The minimum Gasteiger partial charge on any atom is -0.211 e. The van der Waals surface area contributed by atoms with Crippen LogP contribution in [0.25, 0.3) is 0 Å². The first kappa shape index (κ1) is 14.5. The number of nitrogens with one attached hydrogen (secondary N) is 1. The molecule has 0 radical (unpaired) electrons. The van der Waals surface area contributed by atoms with Crippen LogP contribution < -0.4 is 4.72 Å². The van der Waals surface area contributed by atoms with Gasteiger partial charge in [-0.05, 0) is 19.4 Å². The number of sulfonamides is 1. The maximum Gasteiger partial charge on any atom is 0.242 e. The van der Waals surface area contributed by atoms with E-state index in [2.05, 4.69) is 4.72 Å². The average molecular weight is 323 g/mol. The summed E-state index contributed by atoms with van der Waals surface area (Å²) in [6.07, 6.45) is 0.552. The topological polar surface area (TPSA) is 46.2 Å². The second-order valence-corrected chi connectivity index (χ2v) is 7.92. The van der Waals surface area contributed by atoms with Crippen LogP contribution in [0, 0.1) is 0 Å². The van der Waals surface area contributed by atoms with Gasteiger partial charge in [0, 0.05) is 11.9 Å². The van der Waals surface area contributed by atoms with Gasteiger partial charge in [0.05, 0.1) is 4.34 Å². The molecule has 1 rings (SSSR count). The van der Waals surface area contributed by atoms with E-state index in [0.717, 1.165) is 11.3 Å². The Balaban J connectivity index is 2.75. The summed E-state index contributed by atoms with van der Waals surface area (Å²) in [5.74, 6) is 0. The van der Waals surface area contributed by atoms with Gasteiger partial charge in [-0.3, -0.25) is 0 Å². The second kappa shape index (κ2) is 5.89. The van der Waals surface area contributed by atoms with Crippen molar-refractivity contribution in [3.05, 3.63) is 14.7 Å². The smallest absolute Gasteiger partial charge is 0.211 e. The van der Waals surface area contributed by atoms with Crippen molar-refractivity contribution in [3.8, 4) is 0 Å². The van der Waals surface area contributed by atoms with Gasteiger partial charge in [0.25, 0.3) is 0 Å². The molecule has 0 saturated heterocycles. The van der Waals surface area contributed by atoms with E-state index in [-0.39, 0.29) is 21.2 Å². The van der Waals surface area contributed by atoms with Gasteiger partial charge in [-0.1, -0.05) is 23.2 Å². The van der Waals surface area contributed by atoms with Crippen LogP contribution in [-0.4, -0.2) is 20.3 Å². The minimum atomic E-state index is -3.58. The summed E-state index contributed by atoms with van der Waals surface area (Å²) in [6.45, 7) is 2.07. The lowest BCUT2D eigenvalue weighted by atomic mass is 10.3. The molecule has 0 saturated carbocycles. The Morgan fingerprint density at radius 2 is 2.12 bits per heavy atom. The fourth-order valence-corrected chi connectivity index (χ4v) is 4.28. The van der Waals surface area contributed by atoms with E-state index in [9.17, 15) is 8.42 Å². The molecule has 1 heterocycles. The van der Waals surface area contributed by atoms with Gasteiger partial charge in [0.15, 0.2) is 0 Å². The fraction of sp³-hybridized carbons (Fsp3) is 0.500. The van der Waals surface area contributed by atoms with E-state index in [0.29, 0.717) is 10.8 Å². The number of alkyl halides is 1. The lowest BCUT2D eigenvalue weighted by Crippen LogP contribution is -2.25. The van der Waals surface area contributed by atoms with E-state index < -0.39 is 10.0 Å². The molecule has 1 unspecified atom stereocenters. The summed E-state index contributed by atoms with van der Waals surface area (Å²) < 4.78 is 26.4. The summed E-state index contributed by atoms with van der Waals surface area (Å²) in [4.78, 5) is 0.0198. The highest BCUT2D eigenvalue weighted by atomic mass is 35.5. The van der Waals surface area contributed by atoms with Gasteiger partial charge < -0.3 is 0 Å². The Labute approximate surface area is 114 Å². The van der Waals surface area contributed by atoms with E-state index in [1.54, 1.807) is 6.92 Å². The van der Waals surface area contributed by atoms with Gasteiger partial charge in [0.1, 0.15) is 9.23 Å². The molecular weight excluding hydrogens is 313 g/mol. The fourth-order valence-electron chi connectivity index (χ4n) is 0.978. The van der Waals surface area contributed by atoms with Crippen molar-refractivity contribution in [1.82, 2.24) is 4.72 Å². The van der Waals surface area contributed by atoms with E-state index in [1.165, 1.54) is 6.07 Å². The normalized spacial score (nSPS) is 14.0. The maximum atomic E-state index is 11.8. The van der Waals surface area contributed by atoms with Gasteiger partial charge >= 0.3 is 0 Å². The second-order valence-electron chi connectivity index (χ2n) is 3.16. The summed E-state index contributed by atoms with van der Waals surface area (Å²) in [7, 11) is -3.58. The zero-order chi connectivity index (χ0) is 12.3. The monoisotopic (exact) mass is 321 g/mol. The van der Waals surface area contributed by atoms with Crippen molar-refractivity contribution in [2.24, 2.45) is 0 Å². The van der Waals surface area contributed by atoms with Gasteiger partial charge in [-0.25, -0.2) is 13.1 Å². The van der Waals surface area contributed by atoms with E-state index in [1.807, 2.05) is 0 Å². The molecule has 0 amide bonds. The van der Waals surface area contributed by atoms with E-state index >= 15 is 0 Å². The van der Waals surface area contributed by atoms with Gasteiger partial charge in [0.2, 0.25) is 10.0 Å². The molecule has 1 atom stereocenters. The van der Waals surface area contributed by atoms with Crippen LogP contribution in [0.2, 0.25) is 8.67 Å². The zero-order valence-electron chi connectivity index (χ0n) is 8.34. The summed E-state index contributed by atoms with van der Waals surface area (Å²) in [6, 6.07) is 1.33. The van der Waals surface area contributed by atoms with Gasteiger partial charge in [-0.15, -0.1) is 22.9 Å². The summed E-state index contributed by atoms with van der Waals surface area (Å²) >= 11 is 18.2. The highest BCUT2D eigenvalue weighted by molar-refractivity contribution is 7.89. The molecule has 0 fully saturated rings. The van der Waals surface area contributed by atoms with Crippen LogP contribution in [0.3, 0.4) is 0 Å². The third-order valence-corrected chi connectivity index (χ3v) is 5.18. The molecule has 1 N–H and O–H groups in total. The number of rotatable bonds is 5. The van der Waals surface area contributed by atoms with Crippen molar-refractivity contribution >= 4 is 56.2 Å². The standard InChI is InChI=1S/C8H10Cl3NO2S2/c1-5(9)2-3-12-16(13,14)6-4-7(10)15-8(6)11/h4-5,12H,2-3H2,1H3. The van der Waals surface area contributed by atoms with Crippen LogP contribution in [0.5, 0.6) is 0 Å². The molecule has 8 heteroatoms. The number of hydrogen-bond acceptors (Lipinski definition) is 3. The third kappa shape index (κ3) is 4.05. The average Bonchev–Trinajstić information content (AvgIpc) is 2.44. The molecule has 3 nitrogen and oxygen atoms in total. The lowest BCUT2D eigenvalue weighted by Gasteiger charge is -2.06.